The van der Waals surface area contributed by atoms with Crippen LogP contribution in [0.25, 0.3) is 0 Å². The predicted molar refractivity (Wildman–Crippen MR) is 97.3 cm³/mol. The number of hydrogen-bond donors (Lipinski definition) is 1. The summed E-state index contributed by atoms with van der Waals surface area (Å²) in [5.41, 5.74) is 7.65. The molecule has 0 amide bonds. The van der Waals surface area contributed by atoms with Crippen molar-refractivity contribution in [2.75, 3.05) is 7.05 Å². The maximum atomic E-state index is 12.0. The van der Waals surface area contributed by atoms with E-state index in [1.165, 1.54) is 0 Å². The molecule has 0 spiro atoms. The Kier molecular flexibility index (Phi) is 7.34. The third-order valence-corrected chi connectivity index (χ3v) is 3.33. The Hall–Kier alpha value is -2.99. The van der Waals surface area contributed by atoms with Gasteiger partial charge in [-0.3, -0.25) is 9.79 Å². The quantitative estimate of drug-likeness (QED) is 0.363. The fraction of sp³-hybridized carbons (Fsp3) is 0.211. The van der Waals surface area contributed by atoms with Crippen LogP contribution in [0.4, 0.5) is 0 Å². The van der Waals surface area contributed by atoms with Gasteiger partial charge in [0.05, 0.1) is 12.6 Å². The highest BCUT2D eigenvalue weighted by atomic mass is 16.6. The van der Waals surface area contributed by atoms with E-state index >= 15 is 0 Å². The van der Waals surface area contributed by atoms with E-state index in [2.05, 4.69) is 10.1 Å². The molecule has 6 heteroatoms. The van der Waals surface area contributed by atoms with E-state index in [1.54, 1.807) is 13.3 Å². The number of oxime groups is 1. The summed E-state index contributed by atoms with van der Waals surface area (Å²) in [5, 5.41) is 3.86. The molecule has 0 fully saturated rings. The number of carbonyl (C=O) groups is 1. The van der Waals surface area contributed by atoms with Crippen molar-refractivity contribution >= 4 is 18.1 Å². The maximum absolute atomic E-state index is 12.0. The van der Waals surface area contributed by atoms with E-state index in [-0.39, 0.29) is 18.9 Å². The van der Waals surface area contributed by atoms with Gasteiger partial charge >= 0.3 is 5.97 Å². The van der Waals surface area contributed by atoms with Crippen LogP contribution in [0.1, 0.15) is 17.5 Å². The van der Waals surface area contributed by atoms with Gasteiger partial charge in [0.2, 0.25) is 5.90 Å². The number of aliphatic imine (C=N–C) groups is 1. The first-order valence-corrected chi connectivity index (χ1v) is 7.86. The monoisotopic (exact) mass is 339 g/mol. The molecule has 0 aliphatic rings. The molecule has 2 aromatic carbocycles. The van der Waals surface area contributed by atoms with Crippen molar-refractivity contribution in [3.05, 3.63) is 71.8 Å². The van der Waals surface area contributed by atoms with Gasteiger partial charge in [0.25, 0.3) is 0 Å². The van der Waals surface area contributed by atoms with Gasteiger partial charge in [-0.05, 0) is 11.1 Å². The minimum Gasteiger partial charge on any atom is -0.460 e. The fourth-order valence-corrected chi connectivity index (χ4v) is 1.96. The summed E-state index contributed by atoms with van der Waals surface area (Å²) >= 11 is 0. The highest BCUT2D eigenvalue weighted by Crippen LogP contribution is 2.04. The minimum atomic E-state index is -0.866. The Morgan fingerprint density at radius 1 is 1.12 bits per heavy atom. The van der Waals surface area contributed by atoms with Gasteiger partial charge in [-0.25, -0.2) is 0 Å². The Morgan fingerprint density at radius 3 is 2.40 bits per heavy atom. The van der Waals surface area contributed by atoms with Crippen molar-refractivity contribution in [2.24, 2.45) is 15.9 Å². The average molecular weight is 339 g/mol. The van der Waals surface area contributed by atoms with Crippen LogP contribution in [0.2, 0.25) is 0 Å². The number of nitrogens with two attached hydrogens (primary N) is 1. The third-order valence-electron chi connectivity index (χ3n) is 3.33. The lowest BCUT2D eigenvalue weighted by molar-refractivity contribution is -0.146. The third kappa shape index (κ3) is 6.56. The van der Waals surface area contributed by atoms with E-state index in [0.29, 0.717) is 0 Å². The highest BCUT2D eigenvalue weighted by Gasteiger charge is 2.19. The number of benzene rings is 2. The number of ether oxygens (including phenoxy) is 1. The summed E-state index contributed by atoms with van der Waals surface area (Å²) in [6.07, 6.45) is 1.67. The molecule has 2 aromatic rings. The molecular weight excluding hydrogens is 318 g/mol. The van der Waals surface area contributed by atoms with Crippen LogP contribution in [-0.2, 0) is 21.0 Å². The van der Waals surface area contributed by atoms with Crippen molar-refractivity contribution in [1.29, 1.82) is 0 Å². The molecule has 2 N–H and O–H groups in total. The molecule has 0 saturated heterocycles. The lowest BCUT2D eigenvalue weighted by atomic mass is 10.2. The van der Waals surface area contributed by atoms with Crippen molar-refractivity contribution in [1.82, 2.24) is 0 Å². The molecule has 6 nitrogen and oxygen atoms in total. The van der Waals surface area contributed by atoms with E-state index in [0.717, 1.165) is 11.1 Å². The largest absolute Gasteiger partial charge is 0.460 e. The van der Waals surface area contributed by atoms with Crippen molar-refractivity contribution in [2.45, 2.75) is 19.1 Å². The second-order valence-corrected chi connectivity index (χ2v) is 5.26. The lowest BCUT2D eigenvalue weighted by Crippen LogP contribution is -2.34. The normalized spacial score (nSPS) is 12.8. The van der Waals surface area contributed by atoms with Crippen molar-refractivity contribution < 1.29 is 14.4 Å². The predicted octanol–water partition coefficient (Wildman–Crippen LogP) is 2.53. The zero-order chi connectivity index (χ0) is 17.9. The molecule has 0 aliphatic heterocycles. The average Bonchev–Trinajstić information content (AvgIpc) is 2.66. The van der Waals surface area contributed by atoms with E-state index in [1.807, 2.05) is 60.7 Å². The summed E-state index contributed by atoms with van der Waals surface area (Å²) in [6, 6.07) is 18.0. The SMILES string of the molecule is CN=C(CC(N)C(=O)OCc1ccccc1)O/N=C/c1ccccc1. The molecule has 0 aliphatic carbocycles. The molecular formula is C19H21N3O3. The number of nitrogens with zero attached hydrogens (tertiary/aromatic N) is 2. The summed E-state index contributed by atoms with van der Waals surface area (Å²) in [7, 11) is 1.55. The summed E-state index contributed by atoms with van der Waals surface area (Å²) < 4.78 is 5.20. The molecule has 0 heterocycles. The molecule has 1 atom stereocenters. The second kappa shape index (κ2) is 10.00. The molecule has 2 rings (SSSR count). The molecule has 130 valence electrons. The van der Waals surface area contributed by atoms with Gasteiger partial charge in [-0.2, -0.15) is 0 Å². The summed E-state index contributed by atoms with van der Waals surface area (Å²) in [5.74, 6) is -0.253. The number of rotatable bonds is 7. The highest BCUT2D eigenvalue weighted by molar-refractivity contribution is 5.86. The van der Waals surface area contributed by atoms with Gasteiger partial charge in [0, 0.05) is 7.05 Å². The van der Waals surface area contributed by atoms with E-state index in [9.17, 15) is 4.79 Å². The first-order chi connectivity index (χ1) is 12.2. The van der Waals surface area contributed by atoms with Crippen LogP contribution >= 0.6 is 0 Å². The molecule has 0 aromatic heterocycles. The molecule has 0 bridgehead atoms. The minimum absolute atomic E-state index is 0.107. The van der Waals surface area contributed by atoms with Crippen LogP contribution in [0.15, 0.2) is 70.8 Å². The van der Waals surface area contributed by atoms with Gasteiger partial charge in [-0.15, -0.1) is 0 Å². The van der Waals surface area contributed by atoms with Crippen molar-refractivity contribution in [3.63, 3.8) is 0 Å². The van der Waals surface area contributed by atoms with Crippen LogP contribution in [-0.4, -0.2) is 31.2 Å². The van der Waals surface area contributed by atoms with E-state index < -0.39 is 12.0 Å². The van der Waals surface area contributed by atoms with Gasteiger partial charge in [-0.1, -0.05) is 65.8 Å². The van der Waals surface area contributed by atoms with Crippen LogP contribution < -0.4 is 5.73 Å². The fourth-order valence-electron chi connectivity index (χ4n) is 1.96. The van der Waals surface area contributed by atoms with Gasteiger partial charge in [0.15, 0.2) is 0 Å². The molecule has 0 radical (unpaired) electrons. The standard InChI is InChI=1S/C19H21N3O3/c1-21-18(25-22-13-15-8-4-2-5-9-15)12-17(20)19(23)24-14-16-10-6-3-7-11-16/h2-11,13,17H,12,14,20H2,1H3/b21-18?,22-13+. The first kappa shape index (κ1) is 18.4. The Morgan fingerprint density at radius 2 is 1.76 bits per heavy atom. The molecule has 1 unspecified atom stereocenters. The molecule has 0 saturated carbocycles. The van der Waals surface area contributed by atoms with Crippen molar-refractivity contribution in [3.8, 4) is 0 Å². The van der Waals surface area contributed by atoms with E-state index in [4.69, 9.17) is 15.3 Å². The topological polar surface area (TPSA) is 86.3 Å². The second-order valence-electron chi connectivity index (χ2n) is 5.26. The number of carbonyl (C=O) groups excluding carboxylic acids is 1. The zero-order valence-corrected chi connectivity index (χ0v) is 14.0. The summed E-state index contributed by atoms with van der Waals surface area (Å²) in [6.45, 7) is 0.180. The Balaban J connectivity index is 1.79. The first-order valence-electron chi connectivity index (χ1n) is 7.86. The van der Waals surface area contributed by atoms with Crippen LogP contribution in [0, 0.1) is 0 Å². The smallest absolute Gasteiger partial charge is 0.323 e. The van der Waals surface area contributed by atoms with Crippen LogP contribution in [0.3, 0.4) is 0 Å². The zero-order valence-electron chi connectivity index (χ0n) is 14.0. The Labute approximate surface area is 147 Å². The van der Waals surface area contributed by atoms with Gasteiger partial charge < -0.3 is 15.3 Å². The number of esters is 1. The Bertz CT molecular complexity index is 715. The summed E-state index contributed by atoms with van der Waals surface area (Å²) in [4.78, 5) is 21.1. The number of hydrogen-bond acceptors (Lipinski definition) is 6. The maximum Gasteiger partial charge on any atom is 0.323 e. The molecule has 25 heavy (non-hydrogen) atoms. The van der Waals surface area contributed by atoms with Gasteiger partial charge in [0.1, 0.15) is 12.6 Å². The van der Waals surface area contributed by atoms with Crippen LogP contribution in [0.5, 0.6) is 0 Å². The lowest BCUT2D eigenvalue weighted by Gasteiger charge is -2.11.